The van der Waals surface area contributed by atoms with Gasteiger partial charge in [-0.15, -0.1) is 0 Å². The van der Waals surface area contributed by atoms with Crippen molar-refractivity contribution in [1.82, 2.24) is 4.98 Å². The van der Waals surface area contributed by atoms with Gasteiger partial charge in [0.05, 0.1) is 5.59 Å². The molecular weight excluding hydrogens is 157 g/mol. The summed E-state index contributed by atoms with van der Waals surface area (Å²) in [5, 5.41) is 25.9. The molecule has 0 bridgehead atoms. The van der Waals surface area contributed by atoms with E-state index in [-0.39, 0.29) is 12.2 Å². The Morgan fingerprint density at radius 2 is 2.08 bits per heavy atom. The van der Waals surface area contributed by atoms with Crippen molar-refractivity contribution < 1.29 is 15.2 Å². The van der Waals surface area contributed by atoms with Crippen molar-refractivity contribution in [3.05, 3.63) is 23.9 Å². The maximum absolute atomic E-state index is 8.69. The van der Waals surface area contributed by atoms with Crippen LogP contribution >= 0.6 is 0 Å². The zero-order valence-electron chi connectivity index (χ0n) is 6.51. The molecule has 0 radical (unpaired) electrons. The van der Waals surface area contributed by atoms with Gasteiger partial charge in [-0.25, -0.2) is 0 Å². The highest BCUT2D eigenvalue weighted by molar-refractivity contribution is 6.57. The van der Waals surface area contributed by atoms with Crippen LogP contribution in [0.2, 0.25) is 0 Å². The van der Waals surface area contributed by atoms with Crippen LogP contribution in [0.15, 0.2) is 18.3 Å². The summed E-state index contributed by atoms with van der Waals surface area (Å²) in [6, 6.07) is 3.23. The predicted molar refractivity (Wildman–Crippen MR) is 44.9 cm³/mol. The van der Waals surface area contributed by atoms with Crippen molar-refractivity contribution in [2.24, 2.45) is 0 Å². The number of hydrogen-bond donors (Lipinski definition) is 3. The van der Waals surface area contributed by atoms with Crippen LogP contribution in [0.4, 0.5) is 0 Å². The number of aliphatic hydroxyl groups excluding tert-OH is 1. The van der Waals surface area contributed by atoms with Crippen LogP contribution < -0.4 is 5.59 Å². The first-order valence-corrected chi connectivity index (χ1v) is 3.66. The van der Waals surface area contributed by atoms with Gasteiger partial charge in [0.25, 0.3) is 0 Å². The van der Waals surface area contributed by atoms with Gasteiger partial charge in [-0.3, -0.25) is 4.98 Å². The Morgan fingerprint density at radius 1 is 1.33 bits per heavy atom. The lowest BCUT2D eigenvalue weighted by atomic mass is 9.85. The van der Waals surface area contributed by atoms with E-state index in [4.69, 9.17) is 15.2 Å². The van der Waals surface area contributed by atoms with Crippen molar-refractivity contribution in [2.75, 3.05) is 6.61 Å². The van der Waals surface area contributed by atoms with Crippen molar-refractivity contribution in [3.63, 3.8) is 0 Å². The number of hydrogen-bond acceptors (Lipinski definition) is 4. The molecule has 0 amide bonds. The smallest absolute Gasteiger partial charge is 0.422 e. The summed E-state index contributed by atoms with van der Waals surface area (Å²) in [4.78, 5) is 3.79. The van der Waals surface area contributed by atoms with E-state index in [0.29, 0.717) is 6.42 Å². The number of aliphatic hydroxyl groups is 1. The van der Waals surface area contributed by atoms with Gasteiger partial charge in [0.1, 0.15) is 0 Å². The third-order valence-electron chi connectivity index (χ3n) is 1.51. The Labute approximate surface area is 70.7 Å². The topological polar surface area (TPSA) is 73.6 Å². The summed E-state index contributed by atoms with van der Waals surface area (Å²) >= 11 is 0. The lowest BCUT2D eigenvalue weighted by molar-refractivity contribution is 0.299. The van der Waals surface area contributed by atoms with Gasteiger partial charge in [0, 0.05) is 12.8 Å². The minimum atomic E-state index is -1.52. The molecule has 0 spiro atoms. The summed E-state index contributed by atoms with van der Waals surface area (Å²) in [5.74, 6) is 0. The first kappa shape index (κ1) is 9.19. The molecule has 4 nitrogen and oxygen atoms in total. The molecule has 1 heterocycles. The molecule has 0 unspecified atom stereocenters. The molecule has 64 valence electrons. The van der Waals surface area contributed by atoms with Crippen LogP contribution in [0.1, 0.15) is 5.56 Å². The Kier molecular flexibility index (Phi) is 3.22. The molecule has 0 aromatic carbocycles. The first-order valence-electron chi connectivity index (χ1n) is 3.66. The second-order valence-corrected chi connectivity index (χ2v) is 2.44. The van der Waals surface area contributed by atoms with E-state index in [0.717, 1.165) is 5.56 Å². The Bertz CT molecular complexity index is 237. The van der Waals surface area contributed by atoms with Gasteiger partial charge in [-0.1, -0.05) is 6.07 Å². The van der Waals surface area contributed by atoms with E-state index >= 15 is 0 Å². The standard InChI is InChI=1S/C7H10BNO3/c10-4-3-6-1-2-7(8(11)12)9-5-6/h1-2,5,10-12H,3-4H2. The lowest BCUT2D eigenvalue weighted by Gasteiger charge is -1.99. The molecule has 0 aliphatic carbocycles. The molecule has 1 aromatic heterocycles. The Hall–Kier alpha value is -0.905. The fraction of sp³-hybridized carbons (Fsp3) is 0.286. The van der Waals surface area contributed by atoms with Crippen molar-refractivity contribution in [3.8, 4) is 0 Å². The van der Waals surface area contributed by atoms with E-state index in [1.807, 2.05) is 0 Å². The second-order valence-electron chi connectivity index (χ2n) is 2.44. The zero-order valence-corrected chi connectivity index (χ0v) is 6.51. The number of pyridine rings is 1. The molecule has 0 saturated heterocycles. The number of nitrogens with zero attached hydrogens (tertiary/aromatic N) is 1. The minimum Gasteiger partial charge on any atom is -0.422 e. The summed E-state index contributed by atoms with van der Waals surface area (Å²) in [6.07, 6.45) is 2.06. The molecule has 0 fully saturated rings. The van der Waals surface area contributed by atoms with Gasteiger partial charge in [0.2, 0.25) is 0 Å². The molecule has 0 aliphatic rings. The maximum Gasteiger partial charge on any atom is 0.508 e. The van der Waals surface area contributed by atoms with E-state index < -0.39 is 7.12 Å². The number of rotatable bonds is 3. The first-order chi connectivity index (χ1) is 5.74. The summed E-state index contributed by atoms with van der Waals surface area (Å²) in [6.45, 7) is 0.0721. The molecule has 0 aliphatic heterocycles. The largest absolute Gasteiger partial charge is 0.508 e. The van der Waals surface area contributed by atoms with Gasteiger partial charge in [-0.05, 0) is 18.1 Å². The minimum absolute atomic E-state index is 0.0721. The molecule has 1 rings (SSSR count). The van der Waals surface area contributed by atoms with Crippen LogP contribution in [-0.4, -0.2) is 33.9 Å². The van der Waals surface area contributed by atoms with Gasteiger partial charge in [0.15, 0.2) is 0 Å². The SMILES string of the molecule is OCCc1ccc(B(O)O)nc1. The fourth-order valence-electron chi connectivity index (χ4n) is 0.866. The van der Waals surface area contributed by atoms with Crippen LogP contribution in [0.25, 0.3) is 0 Å². The highest BCUT2D eigenvalue weighted by Gasteiger charge is 2.11. The predicted octanol–water partition coefficient (Wildman–Crippen LogP) is -1.70. The van der Waals surface area contributed by atoms with Crippen LogP contribution in [-0.2, 0) is 6.42 Å². The lowest BCUT2D eigenvalue weighted by Crippen LogP contribution is -2.32. The molecule has 5 heteroatoms. The average Bonchev–Trinajstić information content (AvgIpc) is 2.06. The van der Waals surface area contributed by atoms with Gasteiger partial charge in [-0.2, -0.15) is 0 Å². The third kappa shape index (κ3) is 2.30. The molecule has 1 aromatic rings. The van der Waals surface area contributed by atoms with Crippen LogP contribution in [0.5, 0.6) is 0 Å². The molecule has 0 saturated carbocycles. The summed E-state index contributed by atoms with van der Waals surface area (Å²) < 4.78 is 0. The highest BCUT2D eigenvalue weighted by Crippen LogP contribution is 1.94. The normalized spacial score (nSPS) is 9.92. The monoisotopic (exact) mass is 167 g/mol. The Morgan fingerprint density at radius 3 is 2.50 bits per heavy atom. The highest BCUT2D eigenvalue weighted by atomic mass is 16.4. The summed E-state index contributed by atoms with van der Waals surface area (Å²) in [5.41, 5.74) is 1.10. The van der Waals surface area contributed by atoms with E-state index in [9.17, 15) is 0 Å². The van der Waals surface area contributed by atoms with Crippen molar-refractivity contribution in [1.29, 1.82) is 0 Å². The zero-order chi connectivity index (χ0) is 8.97. The van der Waals surface area contributed by atoms with Crippen molar-refractivity contribution >= 4 is 12.7 Å². The van der Waals surface area contributed by atoms with Crippen LogP contribution in [0.3, 0.4) is 0 Å². The van der Waals surface area contributed by atoms with Gasteiger partial charge >= 0.3 is 7.12 Å². The van der Waals surface area contributed by atoms with Gasteiger partial charge < -0.3 is 15.2 Å². The fourth-order valence-corrected chi connectivity index (χ4v) is 0.866. The molecular formula is C7H10BNO3. The molecule has 3 N–H and O–H groups in total. The summed E-state index contributed by atoms with van der Waals surface area (Å²) in [7, 11) is -1.52. The second kappa shape index (κ2) is 4.20. The molecule has 0 atom stereocenters. The Balaban J connectivity index is 2.71. The average molecular weight is 167 g/mol. The molecule has 12 heavy (non-hydrogen) atoms. The van der Waals surface area contributed by atoms with E-state index in [1.165, 1.54) is 12.3 Å². The quantitative estimate of drug-likeness (QED) is 0.469. The maximum atomic E-state index is 8.69. The number of aromatic nitrogens is 1. The van der Waals surface area contributed by atoms with Crippen LogP contribution in [0, 0.1) is 0 Å². The van der Waals surface area contributed by atoms with Crippen molar-refractivity contribution in [2.45, 2.75) is 6.42 Å². The van der Waals surface area contributed by atoms with E-state index in [1.54, 1.807) is 6.07 Å². The third-order valence-corrected chi connectivity index (χ3v) is 1.51. The van der Waals surface area contributed by atoms with E-state index in [2.05, 4.69) is 4.98 Å².